The first-order valence-corrected chi connectivity index (χ1v) is 6.33. The lowest BCUT2D eigenvalue weighted by molar-refractivity contribution is -0.387. The van der Waals surface area contributed by atoms with Gasteiger partial charge in [-0.15, -0.1) is 11.8 Å². The van der Waals surface area contributed by atoms with Gasteiger partial charge in [-0.1, -0.05) is 12.1 Å². The predicted molar refractivity (Wildman–Crippen MR) is 64.8 cm³/mol. The Labute approximate surface area is 98.6 Å². The Balaban J connectivity index is 1.89. The van der Waals surface area contributed by atoms with E-state index >= 15 is 0 Å². The smallest absolute Gasteiger partial charge is 0.282 e. The van der Waals surface area contributed by atoms with Gasteiger partial charge in [-0.3, -0.25) is 10.1 Å². The molecule has 0 spiro atoms. The average molecular weight is 238 g/mol. The molecule has 1 saturated heterocycles. The fourth-order valence-electron chi connectivity index (χ4n) is 1.62. The summed E-state index contributed by atoms with van der Waals surface area (Å²) in [7, 11) is 0. The molecule has 2 rings (SSSR count). The molecule has 1 aliphatic heterocycles. The molecule has 1 fully saturated rings. The molecule has 5 heteroatoms. The number of thioether (sulfide) groups is 1. The van der Waals surface area contributed by atoms with Gasteiger partial charge in [-0.2, -0.15) is 0 Å². The van der Waals surface area contributed by atoms with Crippen LogP contribution in [0.2, 0.25) is 0 Å². The molecule has 1 heterocycles. The zero-order chi connectivity index (χ0) is 11.4. The molecule has 0 radical (unpaired) electrons. The highest BCUT2D eigenvalue weighted by Gasteiger charge is 2.17. The van der Waals surface area contributed by atoms with Crippen molar-refractivity contribution in [3.63, 3.8) is 0 Å². The highest BCUT2D eigenvalue weighted by Crippen LogP contribution is 2.29. The molecule has 4 nitrogen and oxygen atoms in total. The first-order chi connectivity index (χ1) is 7.77. The van der Waals surface area contributed by atoms with Crippen molar-refractivity contribution in [2.75, 3.05) is 18.8 Å². The summed E-state index contributed by atoms with van der Waals surface area (Å²) in [6.45, 7) is 2.19. The van der Waals surface area contributed by atoms with E-state index in [1.165, 1.54) is 0 Å². The van der Waals surface area contributed by atoms with E-state index in [4.69, 9.17) is 0 Å². The molecular weight excluding hydrogens is 224 g/mol. The molecule has 16 heavy (non-hydrogen) atoms. The quantitative estimate of drug-likeness (QED) is 0.486. The van der Waals surface area contributed by atoms with E-state index in [2.05, 4.69) is 5.32 Å². The van der Waals surface area contributed by atoms with E-state index in [1.807, 2.05) is 12.1 Å². The number of para-hydroxylation sites is 1. The number of hydrogen-bond donors (Lipinski definition) is 1. The summed E-state index contributed by atoms with van der Waals surface area (Å²) in [6.07, 6.45) is 1.13. The number of rotatable bonds is 5. The maximum Gasteiger partial charge on any atom is 0.282 e. The van der Waals surface area contributed by atoms with Gasteiger partial charge in [-0.25, -0.2) is 0 Å². The Kier molecular flexibility index (Phi) is 3.79. The maximum absolute atomic E-state index is 10.8. The van der Waals surface area contributed by atoms with E-state index in [-0.39, 0.29) is 10.6 Å². The number of nitro groups is 1. The van der Waals surface area contributed by atoms with Crippen LogP contribution < -0.4 is 5.32 Å². The van der Waals surface area contributed by atoms with Crippen molar-refractivity contribution in [2.24, 2.45) is 5.92 Å². The van der Waals surface area contributed by atoms with Crippen LogP contribution in [0.15, 0.2) is 29.2 Å². The van der Waals surface area contributed by atoms with Crippen LogP contribution in [0.1, 0.15) is 6.42 Å². The zero-order valence-corrected chi connectivity index (χ0v) is 9.70. The summed E-state index contributed by atoms with van der Waals surface area (Å²) < 4.78 is 0. The van der Waals surface area contributed by atoms with Crippen molar-refractivity contribution < 1.29 is 4.92 Å². The number of nitro benzene ring substituents is 1. The second kappa shape index (κ2) is 5.32. The van der Waals surface area contributed by atoms with Gasteiger partial charge in [0.2, 0.25) is 0 Å². The molecule has 1 aromatic rings. The minimum absolute atomic E-state index is 0.222. The highest BCUT2D eigenvalue weighted by atomic mass is 32.2. The molecule has 0 unspecified atom stereocenters. The molecule has 0 atom stereocenters. The van der Waals surface area contributed by atoms with Crippen LogP contribution in [-0.4, -0.2) is 23.8 Å². The summed E-state index contributed by atoms with van der Waals surface area (Å²) in [5.74, 6) is 1.72. The van der Waals surface area contributed by atoms with Crippen LogP contribution >= 0.6 is 11.8 Å². The molecule has 0 aromatic heterocycles. The summed E-state index contributed by atoms with van der Waals surface area (Å²) in [4.78, 5) is 11.2. The Morgan fingerprint density at radius 2 is 2.19 bits per heavy atom. The highest BCUT2D eigenvalue weighted by molar-refractivity contribution is 7.99. The summed E-state index contributed by atoms with van der Waals surface area (Å²) >= 11 is 1.58. The van der Waals surface area contributed by atoms with Gasteiger partial charge >= 0.3 is 0 Å². The van der Waals surface area contributed by atoms with E-state index in [1.54, 1.807) is 23.9 Å². The Bertz CT molecular complexity index is 380. The molecule has 1 N–H and O–H groups in total. The van der Waals surface area contributed by atoms with Gasteiger partial charge < -0.3 is 5.32 Å². The number of nitrogens with one attached hydrogen (secondary N) is 1. The largest absolute Gasteiger partial charge is 0.316 e. The first kappa shape index (κ1) is 11.4. The second-order valence-corrected chi connectivity index (χ2v) is 5.02. The summed E-state index contributed by atoms with van der Waals surface area (Å²) in [5, 5.41) is 14.0. The standard InChI is InChI=1S/C11H14N2O2S/c14-13(15)10-3-1-2-4-11(10)16-6-5-9-7-12-8-9/h1-4,9,12H,5-8H2. The molecule has 86 valence electrons. The van der Waals surface area contributed by atoms with Crippen LogP contribution in [-0.2, 0) is 0 Å². The number of benzene rings is 1. The molecular formula is C11H14N2O2S. The summed E-state index contributed by atoms with van der Waals surface area (Å²) in [5.41, 5.74) is 0.222. The minimum atomic E-state index is -0.312. The van der Waals surface area contributed by atoms with Crippen LogP contribution in [0, 0.1) is 16.0 Å². The molecule has 1 aliphatic rings. The third-order valence-electron chi connectivity index (χ3n) is 2.71. The van der Waals surface area contributed by atoms with E-state index < -0.39 is 0 Å². The predicted octanol–water partition coefficient (Wildman–Crippen LogP) is 2.30. The van der Waals surface area contributed by atoms with Crippen molar-refractivity contribution >= 4 is 17.4 Å². The first-order valence-electron chi connectivity index (χ1n) is 5.34. The molecule has 0 saturated carbocycles. The van der Waals surface area contributed by atoms with Crippen molar-refractivity contribution in [1.82, 2.24) is 5.32 Å². The Hall–Kier alpha value is -1.07. The SMILES string of the molecule is O=[N+]([O-])c1ccccc1SCCC1CNC1. The number of hydrogen-bond acceptors (Lipinski definition) is 4. The van der Waals surface area contributed by atoms with Crippen molar-refractivity contribution in [2.45, 2.75) is 11.3 Å². The van der Waals surface area contributed by atoms with E-state index in [0.29, 0.717) is 0 Å². The van der Waals surface area contributed by atoms with Crippen LogP contribution in [0.3, 0.4) is 0 Å². The number of nitrogens with zero attached hydrogens (tertiary/aromatic N) is 1. The van der Waals surface area contributed by atoms with Crippen LogP contribution in [0.25, 0.3) is 0 Å². The van der Waals surface area contributed by atoms with E-state index in [9.17, 15) is 10.1 Å². The lowest BCUT2D eigenvalue weighted by atomic mass is 10.0. The van der Waals surface area contributed by atoms with Gasteiger partial charge in [0.15, 0.2) is 0 Å². The minimum Gasteiger partial charge on any atom is -0.316 e. The Morgan fingerprint density at radius 1 is 1.44 bits per heavy atom. The van der Waals surface area contributed by atoms with Crippen LogP contribution in [0.4, 0.5) is 5.69 Å². The molecule has 0 amide bonds. The normalized spacial score (nSPS) is 15.8. The van der Waals surface area contributed by atoms with Crippen LogP contribution in [0.5, 0.6) is 0 Å². The third kappa shape index (κ3) is 2.74. The monoisotopic (exact) mass is 238 g/mol. The van der Waals surface area contributed by atoms with Crippen molar-refractivity contribution in [3.8, 4) is 0 Å². The molecule has 0 bridgehead atoms. The molecule has 1 aromatic carbocycles. The molecule has 0 aliphatic carbocycles. The van der Waals surface area contributed by atoms with Gasteiger partial charge in [-0.05, 0) is 37.2 Å². The van der Waals surface area contributed by atoms with E-state index in [0.717, 1.165) is 36.1 Å². The van der Waals surface area contributed by atoms with Gasteiger partial charge in [0.25, 0.3) is 5.69 Å². The van der Waals surface area contributed by atoms with Gasteiger partial charge in [0.05, 0.1) is 9.82 Å². The fourth-order valence-corrected chi connectivity index (χ4v) is 2.75. The van der Waals surface area contributed by atoms with Gasteiger partial charge in [0, 0.05) is 6.07 Å². The second-order valence-electron chi connectivity index (χ2n) is 3.89. The zero-order valence-electron chi connectivity index (χ0n) is 8.89. The fraction of sp³-hybridized carbons (Fsp3) is 0.455. The summed E-state index contributed by atoms with van der Waals surface area (Å²) in [6, 6.07) is 6.94. The van der Waals surface area contributed by atoms with Crippen molar-refractivity contribution in [1.29, 1.82) is 0 Å². The van der Waals surface area contributed by atoms with Gasteiger partial charge in [0.1, 0.15) is 0 Å². The third-order valence-corrected chi connectivity index (χ3v) is 3.81. The maximum atomic E-state index is 10.8. The topological polar surface area (TPSA) is 55.2 Å². The van der Waals surface area contributed by atoms with Crippen molar-refractivity contribution in [3.05, 3.63) is 34.4 Å². The Morgan fingerprint density at radius 3 is 2.81 bits per heavy atom. The lowest BCUT2D eigenvalue weighted by Crippen LogP contribution is -2.42. The lowest BCUT2D eigenvalue weighted by Gasteiger charge is -2.26. The average Bonchev–Trinajstić information content (AvgIpc) is 2.22.